The topological polar surface area (TPSA) is 206 Å². The highest BCUT2D eigenvalue weighted by molar-refractivity contribution is 5.99. The molecule has 4 heterocycles. The summed E-state index contributed by atoms with van der Waals surface area (Å²) in [4.78, 5) is 93.0. The molecule has 0 bridgehead atoms. The van der Waals surface area contributed by atoms with Gasteiger partial charge in [-0.3, -0.25) is 28.8 Å². The molecule has 65 heavy (non-hydrogen) atoms. The maximum absolute atomic E-state index is 16.3. The van der Waals surface area contributed by atoms with Gasteiger partial charge in [0.15, 0.2) is 40.4 Å². The number of carboxylic acid groups (broad SMARTS) is 2. The molecule has 0 aliphatic carbocycles. The van der Waals surface area contributed by atoms with Gasteiger partial charge in [0.25, 0.3) is 0 Å². The van der Waals surface area contributed by atoms with Crippen LogP contribution in [-0.2, 0) is 58.4 Å². The van der Waals surface area contributed by atoms with Crippen LogP contribution in [0.5, 0.6) is 11.5 Å². The first kappa shape index (κ1) is 46.7. The summed E-state index contributed by atoms with van der Waals surface area (Å²) in [6, 6.07) is 2.85. The number of rotatable bonds is 16. The van der Waals surface area contributed by atoms with Gasteiger partial charge < -0.3 is 35.2 Å². The van der Waals surface area contributed by atoms with Crippen molar-refractivity contribution in [2.24, 2.45) is 17.8 Å². The number of carbonyl (C=O) groups is 7. The molecule has 4 N–H and O–H groups in total. The zero-order valence-electron chi connectivity index (χ0n) is 36.2. The molecule has 0 aromatic heterocycles. The van der Waals surface area contributed by atoms with Crippen molar-refractivity contribution in [1.82, 2.24) is 10.6 Å². The molecule has 4 aliphatic heterocycles. The van der Waals surface area contributed by atoms with E-state index in [4.69, 9.17) is 9.47 Å². The van der Waals surface area contributed by atoms with Crippen molar-refractivity contribution in [2.75, 3.05) is 18.0 Å². The number of fused-ring (bicyclic) bond motifs is 7. The second-order valence-corrected chi connectivity index (χ2v) is 17.8. The molecule has 4 unspecified atom stereocenters. The zero-order valence-corrected chi connectivity index (χ0v) is 36.2. The van der Waals surface area contributed by atoms with E-state index in [0.717, 1.165) is 37.2 Å². The molecule has 18 heteroatoms. The van der Waals surface area contributed by atoms with Crippen LogP contribution in [0.4, 0.5) is 23.2 Å². The number of ketones is 2. The van der Waals surface area contributed by atoms with Crippen LogP contribution >= 0.6 is 0 Å². The van der Waals surface area contributed by atoms with E-state index < -0.39 is 137 Å². The van der Waals surface area contributed by atoms with Crippen molar-refractivity contribution in [3.8, 4) is 11.5 Å². The number of ether oxygens (including phenoxy) is 2. The summed E-state index contributed by atoms with van der Waals surface area (Å²) in [7, 11) is 0. The maximum atomic E-state index is 16.3. The van der Waals surface area contributed by atoms with E-state index in [-0.39, 0.29) is 34.6 Å². The Hall–Kier alpha value is -6.33. The first-order chi connectivity index (χ1) is 30.7. The highest BCUT2D eigenvalue weighted by atomic mass is 19.2. The number of halogens is 4. The first-order valence-corrected chi connectivity index (χ1v) is 21.7. The number of anilines is 1. The highest BCUT2D eigenvalue weighted by Crippen LogP contribution is 2.60. The monoisotopic (exact) mass is 907 g/mol. The lowest BCUT2D eigenvalue weighted by Crippen LogP contribution is -2.48. The lowest BCUT2D eigenvalue weighted by molar-refractivity contribution is -0.141. The van der Waals surface area contributed by atoms with Crippen LogP contribution in [0.2, 0.25) is 0 Å². The van der Waals surface area contributed by atoms with E-state index in [1.165, 1.54) is 18.2 Å². The molecular formula is C47H49F4N3O11. The Morgan fingerprint density at radius 1 is 0.785 bits per heavy atom. The van der Waals surface area contributed by atoms with Gasteiger partial charge in [-0.15, -0.1) is 0 Å². The third-order valence-electron chi connectivity index (χ3n) is 12.7. The molecule has 1 spiro atoms. The molecule has 3 aromatic rings. The molecule has 14 nitrogen and oxygen atoms in total. The normalized spacial score (nSPS) is 18.3. The predicted octanol–water partition coefficient (Wildman–Crippen LogP) is 6.21. The maximum Gasteiger partial charge on any atom is 0.343 e. The fraction of sp³-hybridized carbons (Fsp3) is 0.468. The number of nitrogens with one attached hydrogen (secondary N) is 2. The van der Waals surface area contributed by atoms with Crippen molar-refractivity contribution in [1.29, 1.82) is 0 Å². The molecule has 4 atom stereocenters. The summed E-state index contributed by atoms with van der Waals surface area (Å²) in [6.45, 7) is 7.89. The summed E-state index contributed by atoms with van der Waals surface area (Å²) in [5, 5.41) is 24.1. The van der Waals surface area contributed by atoms with Crippen LogP contribution in [-0.4, -0.2) is 76.7 Å². The number of carbonyl (C=O) groups excluding carboxylic acids is 5. The minimum Gasteiger partial charge on any atom is -0.481 e. The molecule has 3 aromatic carbocycles. The first-order valence-electron chi connectivity index (χ1n) is 21.7. The Kier molecular flexibility index (Phi) is 13.1. The lowest BCUT2D eigenvalue weighted by Gasteiger charge is -2.41. The summed E-state index contributed by atoms with van der Waals surface area (Å²) < 4.78 is 74.2. The smallest absolute Gasteiger partial charge is 0.343 e. The number of carboxylic acids is 2. The molecule has 7 rings (SSSR count). The molecule has 2 amide bonds. The third-order valence-corrected chi connectivity index (χ3v) is 12.7. The van der Waals surface area contributed by atoms with E-state index in [0.29, 0.717) is 24.8 Å². The number of nitrogens with zero attached hydrogens (tertiary/aromatic N) is 1. The summed E-state index contributed by atoms with van der Waals surface area (Å²) >= 11 is 0. The molecule has 4 aliphatic rings. The quantitative estimate of drug-likeness (QED) is 0.0549. The molecule has 0 saturated carbocycles. The summed E-state index contributed by atoms with van der Waals surface area (Å²) in [5.74, 6) is -17.1. The number of amides is 2. The van der Waals surface area contributed by atoms with E-state index in [1.54, 1.807) is 33.8 Å². The van der Waals surface area contributed by atoms with Crippen LogP contribution in [0.1, 0.15) is 116 Å². The highest BCUT2D eigenvalue weighted by Gasteiger charge is 2.58. The van der Waals surface area contributed by atoms with E-state index in [1.807, 2.05) is 0 Å². The van der Waals surface area contributed by atoms with Crippen molar-refractivity contribution < 1.29 is 70.8 Å². The Labute approximate surface area is 371 Å². The predicted molar refractivity (Wildman–Crippen MR) is 222 cm³/mol. The van der Waals surface area contributed by atoms with Gasteiger partial charge in [0.1, 0.15) is 17.1 Å². The van der Waals surface area contributed by atoms with Crippen molar-refractivity contribution in [3.63, 3.8) is 0 Å². The molecule has 0 fully saturated rings. The molecule has 0 saturated heterocycles. The average molecular weight is 908 g/mol. The minimum absolute atomic E-state index is 0.0840. The van der Waals surface area contributed by atoms with Crippen LogP contribution in [0.15, 0.2) is 24.3 Å². The van der Waals surface area contributed by atoms with E-state index in [2.05, 4.69) is 15.5 Å². The molecule has 0 radical (unpaired) electrons. The van der Waals surface area contributed by atoms with Gasteiger partial charge in [0.05, 0.1) is 24.1 Å². The summed E-state index contributed by atoms with van der Waals surface area (Å²) in [6.07, 6.45) is 0.832. The average Bonchev–Trinajstić information content (AvgIpc) is 3.39. The number of aliphatic carboxylic acids is 2. The van der Waals surface area contributed by atoms with Crippen LogP contribution in [0.3, 0.4) is 0 Å². The van der Waals surface area contributed by atoms with Gasteiger partial charge >= 0.3 is 17.9 Å². The number of Topliss-reactive ketones (excluding diaryl/α,β-unsaturated/α-hetero) is 2. The fourth-order valence-corrected chi connectivity index (χ4v) is 9.38. The van der Waals surface area contributed by atoms with Gasteiger partial charge in [-0.2, -0.15) is 0 Å². The minimum atomic E-state index is -2.37. The number of esters is 1. The van der Waals surface area contributed by atoms with Crippen LogP contribution in [0, 0.1) is 41.0 Å². The molecule has 346 valence electrons. The van der Waals surface area contributed by atoms with Gasteiger partial charge in [-0.25, -0.2) is 22.4 Å². The van der Waals surface area contributed by atoms with Gasteiger partial charge in [-0.05, 0) is 67.7 Å². The van der Waals surface area contributed by atoms with Crippen molar-refractivity contribution in [2.45, 2.75) is 110 Å². The van der Waals surface area contributed by atoms with Gasteiger partial charge in [0.2, 0.25) is 11.8 Å². The Morgan fingerprint density at radius 2 is 1.48 bits per heavy atom. The second-order valence-electron chi connectivity index (χ2n) is 17.8. The van der Waals surface area contributed by atoms with E-state index >= 15 is 13.2 Å². The standard InChI is InChI=1S/C47H49F4N3O11/c1-21(2)26(19-32(56)29(12-13-34(57)58)52-44(61)22(3)4)45(62)53-30(20-35(59)60)31(55)16-23-10-11-27-33(17-23)64-43-25-9-7-15-54-14-6-5-8-24(42(25)54)18-28(43)47(27)37-36(46(63)65-47)38(48)40(50)41(51)39(37)49/h10-11,17-18,21-22,26,29-30H,5-9,12-16,19-20H2,1-4H3,(H,52,61)(H,53,62)(H,57,58)(H,59,60). The SMILES string of the molecule is CC(C)C(=O)NC(CCC(=O)O)C(=O)CC(C(=O)NC(CC(=O)O)C(=O)Cc1ccc2c(c1)Oc1c(cc3c4c1CCCN4CCCC3)C21OC(=O)c2c(F)c(F)c(F)c(F)c21)C(C)C. The summed E-state index contributed by atoms with van der Waals surface area (Å²) in [5.41, 5.74) is -1.80. The van der Waals surface area contributed by atoms with E-state index in [9.17, 15) is 48.2 Å². The van der Waals surface area contributed by atoms with Crippen LogP contribution < -0.4 is 20.3 Å². The third kappa shape index (κ3) is 8.66. The van der Waals surface area contributed by atoms with Crippen molar-refractivity contribution in [3.05, 3.63) is 86.5 Å². The Morgan fingerprint density at radius 3 is 2.15 bits per heavy atom. The number of benzene rings is 3. The zero-order chi connectivity index (χ0) is 47.2. The Bertz CT molecular complexity index is 2530. The van der Waals surface area contributed by atoms with Gasteiger partial charge in [0, 0.05) is 66.6 Å². The largest absolute Gasteiger partial charge is 0.481 e. The second kappa shape index (κ2) is 18.3. The fourth-order valence-electron chi connectivity index (χ4n) is 9.38. The van der Waals surface area contributed by atoms with Gasteiger partial charge in [-0.1, -0.05) is 39.8 Å². The lowest BCUT2D eigenvalue weighted by atomic mass is 9.74. The Balaban J connectivity index is 1.23. The number of aryl methyl sites for hydroxylation is 1. The number of hydrogen-bond donors (Lipinski definition) is 4. The number of hydrogen-bond acceptors (Lipinski definition) is 10. The molecular weight excluding hydrogens is 859 g/mol. The van der Waals surface area contributed by atoms with Crippen LogP contribution in [0.25, 0.3) is 0 Å². The van der Waals surface area contributed by atoms with Crippen molar-refractivity contribution >= 4 is 47.0 Å².